The maximum absolute atomic E-state index is 12.6. The molecule has 4 heterocycles. The minimum Gasteiger partial charge on any atom is -0.340 e. The molecule has 12 heteroatoms. The van der Waals surface area contributed by atoms with Crippen LogP contribution in [0.1, 0.15) is 30.8 Å². The van der Waals surface area contributed by atoms with Crippen molar-refractivity contribution in [1.82, 2.24) is 34.7 Å². The first-order valence-corrected chi connectivity index (χ1v) is 12.3. The Morgan fingerprint density at radius 3 is 2.55 bits per heavy atom. The fourth-order valence-electron chi connectivity index (χ4n) is 4.59. The summed E-state index contributed by atoms with van der Waals surface area (Å²) < 4.78 is 37.7. The van der Waals surface area contributed by atoms with Crippen LogP contribution in [-0.2, 0) is 4.79 Å². The Labute approximate surface area is 217 Å². The third-order valence-electron chi connectivity index (χ3n) is 6.63. The molecule has 0 radical (unpaired) electrons. The summed E-state index contributed by atoms with van der Waals surface area (Å²) >= 11 is 0. The van der Waals surface area contributed by atoms with Crippen LogP contribution >= 0.6 is 0 Å². The van der Waals surface area contributed by atoms with E-state index in [0.717, 1.165) is 27.9 Å². The van der Waals surface area contributed by atoms with Crippen LogP contribution in [0.2, 0.25) is 0 Å². The first-order valence-electron chi connectivity index (χ1n) is 12.3. The van der Waals surface area contributed by atoms with E-state index < -0.39 is 18.5 Å². The summed E-state index contributed by atoms with van der Waals surface area (Å²) in [6.07, 6.45) is -2.46. The predicted octanol–water partition coefficient (Wildman–Crippen LogP) is 4.62. The Morgan fingerprint density at radius 1 is 1.05 bits per heavy atom. The average Bonchev–Trinajstić information content (AvgIpc) is 3.29. The van der Waals surface area contributed by atoms with Gasteiger partial charge in [0, 0.05) is 50.2 Å². The lowest BCUT2D eigenvalue weighted by Gasteiger charge is -2.38. The van der Waals surface area contributed by atoms with Crippen LogP contribution in [0.25, 0.3) is 22.3 Å². The number of rotatable bonds is 6. The van der Waals surface area contributed by atoms with Crippen LogP contribution in [0.4, 0.5) is 24.9 Å². The number of hydrogen-bond acceptors (Lipinski definition) is 7. The van der Waals surface area contributed by atoms with Crippen LogP contribution in [0, 0.1) is 6.92 Å². The highest BCUT2D eigenvalue weighted by atomic mass is 19.4. The fourth-order valence-corrected chi connectivity index (χ4v) is 4.59. The first kappa shape index (κ1) is 25.6. The number of carbonyl (C=O) groups excluding carboxylic acids is 1. The Morgan fingerprint density at radius 2 is 1.82 bits per heavy atom. The van der Waals surface area contributed by atoms with E-state index >= 15 is 0 Å². The third kappa shape index (κ3) is 5.91. The Kier molecular flexibility index (Phi) is 6.98. The highest BCUT2D eigenvalue weighted by Gasteiger charge is 2.35. The summed E-state index contributed by atoms with van der Waals surface area (Å²) in [5, 5.41) is 3.22. The van der Waals surface area contributed by atoms with Gasteiger partial charge in [-0.2, -0.15) is 13.2 Å². The van der Waals surface area contributed by atoms with Gasteiger partial charge in [-0.15, -0.1) is 0 Å². The molecule has 1 saturated heterocycles. The molecule has 0 spiro atoms. The number of H-pyrrole nitrogens is 1. The lowest BCUT2D eigenvalue weighted by atomic mass is 10.1. The summed E-state index contributed by atoms with van der Waals surface area (Å²) in [5.41, 5.74) is 4.42. The number of halogens is 3. The highest BCUT2D eigenvalue weighted by molar-refractivity contribution is 5.83. The number of alkyl halides is 3. The van der Waals surface area contributed by atoms with E-state index in [1.807, 2.05) is 50.2 Å². The van der Waals surface area contributed by atoms with E-state index in [2.05, 4.69) is 35.1 Å². The van der Waals surface area contributed by atoms with Crippen LogP contribution in [0.3, 0.4) is 0 Å². The number of aromatic nitrogens is 5. The van der Waals surface area contributed by atoms with Gasteiger partial charge in [0.25, 0.3) is 0 Å². The van der Waals surface area contributed by atoms with Gasteiger partial charge in [0.1, 0.15) is 18.1 Å². The molecule has 4 aromatic rings. The van der Waals surface area contributed by atoms with Gasteiger partial charge in [-0.25, -0.2) is 19.9 Å². The van der Waals surface area contributed by atoms with Crippen molar-refractivity contribution in [3.05, 3.63) is 60.2 Å². The topological polar surface area (TPSA) is 103 Å². The van der Waals surface area contributed by atoms with E-state index in [0.29, 0.717) is 30.7 Å². The van der Waals surface area contributed by atoms with Gasteiger partial charge in [-0.3, -0.25) is 9.69 Å². The minimum absolute atomic E-state index is 0.00651. The third-order valence-corrected chi connectivity index (χ3v) is 6.63. The molecule has 1 unspecified atom stereocenters. The monoisotopic (exact) mass is 524 g/mol. The van der Waals surface area contributed by atoms with Crippen molar-refractivity contribution in [1.29, 1.82) is 0 Å². The summed E-state index contributed by atoms with van der Waals surface area (Å²) in [4.78, 5) is 36.3. The molecule has 198 valence electrons. The van der Waals surface area contributed by atoms with Crippen molar-refractivity contribution in [2.75, 3.05) is 31.5 Å². The molecule has 1 aliphatic rings. The van der Waals surface area contributed by atoms with E-state index in [-0.39, 0.29) is 19.1 Å². The van der Waals surface area contributed by atoms with Crippen molar-refractivity contribution < 1.29 is 18.0 Å². The molecule has 5 rings (SSSR count). The number of carbonyl (C=O) groups is 1. The molecule has 1 atom stereocenters. The molecule has 0 bridgehead atoms. The zero-order valence-electron chi connectivity index (χ0n) is 21.0. The molecule has 9 nitrogen and oxygen atoms in total. The van der Waals surface area contributed by atoms with Crippen LogP contribution in [0.5, 0.6) is 0 Å². The highest BCUT2D eigenvalue weighted by Crippen LogP contribution is 2.27. The second-order valence-corrected chi connectivity index (χ2v) is 9.29. The van der Waals surface area contributed by atoms with Crippen molar-refractivity contribution in [2.24, 2.45) is 0 Å². The quantitative estimate of drug-likeness (QED) is 0.379. The van der Waals surface area contributed by atoms with Gasteiger partial charge < -0.3 is 15.2 Å². The second-order valence-electron chi connectivity index (χ2n) is 9.29. The first-order chi connectivity index (χ1) is 18.1. The Bertz CT molecular complexity index is 1450. The summed E-state index contributed by atoms with van der Waals surface area (Å²) in [7, 11) is 0. The largest absolute Gasteiger partial charge is 0.397 e. The lowest BCUT2D eigenvalue weighted by molar-refractivity contribution is -0.162. The predicted molar refractivity (Wildman–Crippen MR) is 137 cm³/mol. The van der Waals surface area contributed by atoms with Gasteiger partial charge in [0.2, 0.25) is 11.9 Å². The molecule has 0 aliphatic carbocycles. The van der Waals surface area contributed by atoms with Crippen molar-refractivity contribution >= 4 is 28.7 Å². The number of nitrogens with one attached hydrogen (secondary N) is 2. The Hall–Kier alpha value is -4.06. The number of fused-ring (bicyclic) bond motifs is 1. The van der Waals surface area contributed by atoms with Gasteiger partial charge in [0.15, 0.2) is 0 Å². The van der Waals surface area contributed by atoms with Gasteiger partial charge >= 0.3 is 6.18 Å². The molecule has 2 N–H and O–H groups in total. The summed E-state index contributed by atoms with van der Waals surface area (Å²) in [6.45, 7) is 5.41. The maximum atomic E-state index is 12.6. The van der Waals surface area contributed by atoms with E-state index in [4.69, 9.17) is 0 Å². The van der Waals surface area contributed by atoms with Crippen molar-refractivity contribution in [3.63, 3.8) is 0 Å². The molecule has 0 saturated carbocycles. The standard InChI is InChI=1S/C26H27F3N8O/c1-16(36-9-11-37(12-10-36)24(38)15-26(27,28)29)18-5-7-31-23(14-18)35-25-33-21-4-3-19(13-22(21)34-25)20-6-8-30-17(2)32-20/h3-8,13-14,16H,9-12,15H2,1-2H3,(H2,31,33,34,35). The molecule has 1 fully saturated rings. The SMILES string of the molecule is Cc1nccc(-c2ccc3nc(Nc4cc(C(C)N5CCN(C(=O)CC(F)(F)F)CC5)ccn4)[nH]c3c2)n1. The Balaban J connectivity index is 1.24. The van der Waals surface area contributed by atoms with E-state index in [1.165, 1.54) is 4.90 Å². The molecule has 3 aromatic heterocycles. The zero-order valence-corrected chi connectivity index (χ0v) is 21.0. The number of piperazine rings is 1. The zero-order chi connectivity index (χ0) is 26.9. The molecule has 1 amide bonds. The summed E-state index contributed by atoms with van der Waals surface area (Å²) in [5.74, 6) is 0.987. The number of pyridine rings is 1. The normalized spacial score (nSPS) is 15.6. The molecule has 38 heavy (non-hydrogen) atoms. The number of imidazole rings is 1. The number of nitrogens with zero attached hydrogens (tertiary/aromatic N) is 6. The molecule has 1 aliphatic heterocycles. The van der Waals surface area contributed by atoms with Crippen molar-refractivity contribution in [3.8, 4) is 11.3 Å². The minimum atomic E-state index is -4.49. The number of aryl methyl sites for hydroxylation is 1. The molecule has 1 aromatic carbocycles. The van der Waals surface area contributed by atoms with E-state index in [9.17, 15) is 18.0 Å². The number of anilines is 2. The van der Waals surface area contributed by atoms with Crippen molar-refractivity contribution in [2.45, 2.75) is 32.5 Å². The summed E-state index contributed by atoms with van der Waals surface area (Å²) in [6, 6.07) is 11.6. The molecular weight excluding hydrogens is 497 g/mol. The van der Waals surface area contributed by atoms with Crippen LogP contribution in [-0.4, -0.2) is 73.0 Å². The second kappa shape index (κ2) is 10.4. The average molecular weight is 525 g/mol. The number of aromatic amines is 1. The van der Waals surface area contributed by atoms with E-state index in [1.54, 1.807) is 12.4 Å². The number of amides is 1. The van der Waals surface area contributed by atoms with Crippen LogP contribution < -0.4 is 5.32 Å². The number of hydrogen-bond donors (Lipinski definition) is 2. The van der Waals surface area contributed by atoms with Crippen LogP contribution in [0.15, 0.2) is 48.8 Å². The number of benzene rings is 1. The maximum Gasteiger partial charge on any atom is 0.397 e. The smallest absolute Gasteiger partial charge is 0.340 e. The van der Waals surface area contributed by atoms with Gasteiger partial charge in [-0.1, -0.05) is 6.07 Å². The molecular formula is C26H27F3N8O. The lowest BCUT2D eigenvalue weighted by Crippen LogP contribution is -2.50. The fraction of sp³-hybridized carbons (Fsp3) is 0.346. The van der Waals surface area contributed by atoms with Gasteiger partial charge in [-0.05, 0) is 49.7 Å². The van der Waals surface area contributed by atoms with Gasteiger partial charge in [0.05, 0.1) is 16.7 Å².